The lowest BCUT2D eigenvalue weighted by Gasteiger charge is -2.32. The van der Waals surface area contributed by atoms with Gasteiger partial charge in [-0.25, -0.2) is 0 Å². The molecule has 0 saturated carbocycles. The molecule has 1 unspecified atom stereocenters. The highest BCUT2D eigenvalue weighted by Gasteiger charge is 2.31. The number of amides is 1. The molecule has 0 fully saturated rings. The zero-order valence-corrected chi connectivity index (χ0v) is 14.9. The zero-order chi connectivity index (χ0) is 16.1. The quantitative estimate of drug-likeness (QED) is 0.509. The van der Waals surface area contributed by atoms with Gasteiger partial charge in [0.1, 0.15) is 0 Å². The molecule has 0 bridgehead atoms. The van der Waals surface area contributed by atoms with Gasteiger partial charge in [-0.1, -0.05) is 65.7 Å². The monoisotopic (exact) mass is 298 g/mol. The first-order valence-corrected chi connectivity index (χ1v) is 9.07. The van der Waals surface area contributed by atoms with Gasteiger partial charge in [-0.15, -0.1) is 0 Å². The first kappa shape index (κ1) is 20.4. The third-order valence-corrected chi connectivity index (χ3v) is 4.11. The van der Waals surface area contributed by atoms with Crippen molar-refractivity contribution in [3.05, 3.63) is 0 Å². The number of rotatable bonds is 13. The van der Waals surface area contributed by atoms with Crippen molar-refractivity contribution in [3.63, 3.8) is 0 Å². The van der Waals surface area contributed by atoms with Crippen molar-refractivity contribution in [1.82, 2.24) is 4.90 Å². The van der Waals surface area contributed by atoms with E-state index in [9.17, 15) is 4.79 Å². The lowest BCUT2D eigenvalue weighted by Crippen LogP contribution is -2.53. The van der Waals surface area contributed by atoms with Gasteiger partial charge in [0, 0.05) is 13.1 Å². The molecular weight excluding hydrogens is 260 g/mol. The van der Waals surface area contributed by atoms with E-state index in [4.69, 9.17) is 5.73 Å². The van der Waals surface area contributed by atoms with Crippen LogP contribution in [-0.4, -0.2) is 29.4 Å². The third kappa shape index (κ3) is 9.13. The summed E-state index contributed by atoms with van der Waals surface area (Å²) >= 11 is 0. The smallest absolute Gasteiger partial charge is 0.242 e. The summed E-state index contributed by atoms with van der Waals surface area (Å²) in [5.41, 5.74) is 5.55. The lowest BCUT2D eigenvalue weighted by molar-refractivity contribution is -0.136. The number of hydrogen-bond acceptors (Lipinski definition) is 2. The summed E-state index contributed by atoms with van der Waals surface area (Å²) in [4.78, 5) is 14.7. The van der Waals surface area contributed by atoms with Crippen molar-refractivity contribution < 1.29 is 4.79 Å². The Kier molecular flexibility index (Phi) is 11.7. The fourth-order valence-corrected chi connectivity index (χ4v) is 2.76. The first-order valence-electron chi connectivity index (χ1n) is 9.07. The van der Waals surface area contributed by atoms with Crippen LogP contribution in [0.5, 0.6) is 0 Å². The molecule has 0 saturated heterocycles. The summed E-state index contributed by atoms with van der Waals surface area (Å²) in [5.74, 6) is 0.150. The Hall–Kier alpha value is -0.570. The van der Waals surface area contributed by atoms with Crippen LogP contribution in [0.25, 0.3) is 0 Å². The predicted molar refractivity (Wildman–Crippen MR) is 92.4 cm³/mol. The molecule has 0 aromatic rings. The predicted octanol–water partition coefficient (Wildman–Crippen LogP) is 4.49. The normalized spacial score (nSPS) is 14.0. The number of hydrogen-bond donors (Lipinski definition) is 1. The molecule has 0 radical (unpaired) electrons. The lowest BCUT2D eigenvalue weighted by atomic mass is 9.95. The van der Waals surface area contributed by atoms with E-state index in [-0.39, 0.29) is 5.91 Å². The van der Waals surface area contributed by atoms with Gasteiger partial charge in [-0.2, -0.15) is 0 Å². The van der Waals surface area contributed by atoms with E-state index in [0.29, 0.717) is 0 Å². The van der Waals surface area contributed by atoms with E-state index in [1.54, 1.807) is 0 Å². The molecule has 1 atom stereocenters. The van der Waals surface area contributed by atoms with Crippen LogP contribution >= 0.6 is 0 Å². The number of carbonyl (C=O) groups excluding carboxylic acids is 1. The maximum absolute atomic E-state index is 12.7. The average molecular weight is 299 g/mol. The van der Waals surface area contributed by atoms with Crippen LogP contribution in [0.1, 0.15) is 91.9 Å². The van der Waals surface area contributed by atoms with Crippen LogP contribution in [0.4, 0.5) is 0 Å². The molecule has 0 heterocycles. The van der Waals surface area contributed by atoms with Crippen LogP contribution < -0.4 is 5.73 Å². The fraction of sp³-hybridized carbons (Fsp3) is 0.944. The Morgan fingerprint density at radius 3 is 1.71 bits per heavy atom. The van der Waals surface area contributed by atoms with Gasteiger partial charge >= 0.3 is 0 Å². The maximum atomic E-state index is 12.7. The molecule has 3 nitrogen and oxygen atoms in total. The molecule has 21 heavy (non-hydrogen) atoms. The van der Waals surface area contributed by atoms with E-state index in [0.717, 1.165) is 38.8 Å². The van der Waals surface area contributed by atoms with Crippen LogP contribution in [-0.2, 0) is 4.79 Å². The Morgan fingerprint density at radius 2 is 1.33 bits per heavy atom. The van der Waals surface area contributed by atoms with Crippen molar-refractivity contribution in [2.75, 3.05) is 13.1 Å². The van der Waals surface area contributed by atoms with Gasteiger partial charge in [-0.3, -0.25) is 4.79 Å². The molecule has 0 spiro atoms. The third-order valence-electron chi connectivity index (χ3n) is 4.11. The van der Waals surface area contributed by atoms with E-state index in [2.05, 4.69) is 20.8 Å². The summed E-state index contributed by atoms with van der Waals surface area (Å²) in [6.07, 6.45) is 11.3. The molecule has 0 aliphatic rings. The summed E-state index contributed by atoms with van der Waals surface area (Å²) in [5, 5.41) is 0. The summed E-state index contributed by atoms with van der Waals surface area (Å²) < 4.78 is 0. The standard InChI is InChI=1S/C18H38N2O/c1-5-8-10-12-15-20(16-13-11-9-6-2)17(21)18(4,19)14-7-3/h5-16,19H2,1-4H3. The summed E-state index contributed by atoms with van der Waals surface area (Å²) in [6, 6.07) is 0. The number of nitrogens with two attached hydrogens (primary N) is 1. The SMILES string of the molecule is CCCCCCN(CCCCCC)C(=O)C(C)(N)CCC. The number of nitrogens with zero attached hydrogens (tertiary/aromatic N) is 1. The van der Waals surface area contributed by atoms with E-state index in [1.807, 2.05) is 11.8 Å². The Morgan fingerprint density at radius 1 is 0.857 bits per heavy atom. The molecule has 0 rings (SSSR count). The highest BCUT2D eigenvalue weighted by atomic mass is 16.2. The minimum Gasteiger partial charge on any atom is -0.341 e. The van der Waals surface area contributed by atoms with Crippen LogP contribution in [0.3, 0.4) is 0 Å². The van der Waals surface area contributed by atoms with Gasteiger partial charge in [0.25, 0.3) is 0 Å². The molecule has 0 aromatic heterocycles. The van der Waals surface area contributed by atoms with Crippen molar-refractivity contribution in [2.24, 2.45) is 5.73 Å². The van der Waals surface area contributed by atoms with Gasteiger partial charge in [0.05, 0.1) is 5.54 Å². The molecule has 0 aromatic carbocycles. The molecule has 126 valence electrons. The Labute approximate surface area is 132 Å². The van der Waals surface area contributed by atoms with Gasteiger partial charge in [-0.05, 0) is 26.2 Å². The minimum atomic E-state index is -0.690. The average Bonchev–Trinajstić information content (AvgIpc) is 2.45. The number of unbranched alkanes of at least 4 members (excludes halogenated alkanes) is 6. The topological polar surface area (TPSA) is 46.3 Å². The highest BCUT2D eigenvalue weighted by molar-refractivity contribution is 5.85. The van der Waals surface area contributed by atoms with Crippen molar-refractivity contribution in [2.45, 2.75) is 97.4 Å². The zero-order valence-electron chi connectivity index (χ0n) is 14.9. The molecule has 0 aliphatic carbocycles. The van der Waals surface area contributed by atoms with Crippen LogP contribution in [0, 0.1) is 0 Å². The summed E-state index contributed by atoms with van der Waals surface area (Å²) in [6.45, 7) is 10.2. The molecule has 2 N–H and O–H groups in total. The molecule has 3 heteroatoms. The largest absolute Gasteiger partial charge is 0.341 e. The Balaban J connectivity index is 4.42. The van der Waals surface area contributed by atoms with Crippen molar-refractivity contribution >= 4 is 5.91 Å². The van der Waals surface area contributed by atoms with Crippen LogP contribution in [0.2, 0.25) is 0 Å². The fourth-order valence-electron chi connectivity index (χ4n) is 2.76. The summed E-state index contributed by atoms with van der Waals surface area (Å²) in [7, 11) is 0. The number of carbonyl (C=O) groups is 1. The first-order chi connectivity index (χ1) is 9.99. The Bertz CT molecular complexity index is 252. The maximum Gasteiger partial charge on any atom is 0.242 e. The van der Waals surface area contributed by atoms with Crippen molar-refractivity contribution in [1.29, 1.82) is 0 Å². The molecular formula is C18H38N2O. The van der Waals surface area contributed by atoms with Crippen molar-refractivity contribution in [3.8, 4) is 0 Å². The van der Waals surface area contributed by atoms with Gasteiger partial charge < -0.3 is 10.6 Å². The second-order valence-corrected chi connectivity index (χ2v) is 6.58. The minimum absolute atomic E-state index is 0.150. The second kappa shape index (κ2) is 12.0. The van der Waals surface area contributed by atoms with Gasteiger partial charge in [0.2, 0.25) is 5.91 Å². The molecule has 0 aliphatic heterocycles. The van der Waals surface area contributed by atoms with E-state index >= 15 is 0 Å². The second-order valence-electron chi connectivity index (χ2n) is 6.58. The molecule has 1 amide bonds. The van der Waals surface area contributed by atoms with Crippen LogP contribution in [0.15, 0.2) is 0 Å². The highest BCUT2D eigenvalue weighted by Crippen LogP contribution is 2.15. The van der Waals surface area contributed by atoms with E-state index < -0.39 is 5.54 Å². The van der Waals surface area contributed by atoms with Gasteiger partial charge in [0.15, 0.2) is 0 Å². The van der Waals surface area contributed by atoms with E-state index in [1.165, 1.54) is 38.5 Å².